The summed E-state index contributed by atoms with van der Waals surface area (Å²) in [6.07, 6.45) is 0. The Morgan fingerprint density at radius 2 is 2.07 bits per heavy atom. The molecule has 0 aliphatic rings. The lowest BCUT2D eigenvalue weighted by atomic mass is 10.3. The zero-order chi connectivity index (χ0) is 11.3. The highest BCUT2D eigenvalue weighted by Gasteiger charge is 2.15. The normalized spacial score (nSPS) is 9.80. The molecule has 0 heterocycles. The van der Waals surface area contributed by atoms with E-state index < -0.39 is 0 Å². The molecule has 0 aromatic heterocycles. The predicted octanol–water partition coefficient (Wildman–Crippen LogP) is 2.00. The average molecular weight is 209 g/mol. The van der Waals surface area contributed by atoms with Gasteiger partial charge in [0.15, 0.2) is 0 Å². The molecule has 1 amide bonds. The van der Waals surface area contributed by atoms with E-state index in [-0.39, 0.29) is 5.91 Å². The first kappa shape index (κ1) is 11.5. The highest BCUT2D eigenvalue weighted by Crippen LogP contribution is 2.27. The summed E-state index contributed by atoms with van der Waals surface area (Å²) in [4.78, 5) is 16.3. The summed E-state index contributed by atoms with van der Waals surface area (Å²) in [5.41, 5.74) is 0.620. The summed E-state index contributed by atoms with van der Waals surface area (Å²) in [5, 5.41) is 1.20. The average Bonchev–Trinajstić information content (AvgIpc) is 2.21. The second-order valence-electron chi connectivity index (χ2n) is 2.90. The Kier molecular flexibility index (Phi) is 4.12. The second-order valence-corrected chi connectivity index (χ2v) is 2.90. The Labute approximate surface area is 89.4 Å². The first-order valence-corrected chi connectivity index (χ1v) is 4.77. The molecular weight excluding hydrogens is 194 g/mol. The molecule has 4 nitrogen and oxygen atoms in total. The van der Waals surface area contributed by atoms with Crippen LogP contribution in [0.1, 0.15) is 13.8 Å². The van der Waals surface area contributed by atoms with E-state index in [1.165, 1.54) is 19.1 Å². The standard InChI is InChI=1S/C11H15NO3/c1-4-15-11-8-6-5-7-10(11)12(14-3)9(2)13/h5-8H,4H2,1-3H3. The van der Waals surface area contributed by atoms with Gasteiger partial charge >= 0.3 is 0 Å². The molecule has 0 atom stereocenters. The summed E-state index contributed by atoms with van der Waals surface area (Å²) < 4.78 is 5.40. The predicted molar refractivity (Wildman–Crippen MR) is 57.8 cm³/mol. The molecule has 1 aromatic carbocycles. The lowest BCUT2D eigenvalue weighted by Crippen LogP contribution is -2.27. The molecule has 0 N–H and O–H groups in total. The van der Waals surface area contributed by atoms with Gasteiger partial charge in [0.05, 0.1) is 13.7 Å². The molecule has 0 aliphatic heterocycles. The zero-order valence-electron chi connectivity index (χ0n) is 9.19. The number of hydrogen-bond donors (Lipinski definition) is 0. The van der Waals surface area contributed by atoms with Crippen molar-refractivity contribution in [3.8, 4) is 5.75 Å². The van der Waals surface area contributed by atoms with Crippen LogP contribution in [0.2, 0.25) is 0 Å². The molecule has 15 heavy (non-hydrogen) atoms. The number of hydroxylamine groups is 1. The fourth-order valence-electron chi connectivity index (χ4n) is 1.30. The van der Waals surface area contributed by atoms with Gasteiger partial charge in [-0.2, -0.15) is 5.06 Å². The van der Waals surface area contributed by atoms with Crippen LogP contribution in [0.4, 0.5) is 5.69 Å². The van der Waals surface area contributed by atoms with Crippen molar-refractivity contribution in [1.82, 2.24) is 0 Å². The van der Waals surface area contributed by atoms with Gasteiger partial charge in [0.25, 0.3) is 0 Å². The van der Waals surface area contributed by atoms with Crippen molar-refractivity contribution in [2.24, 2.45) is 0 Å². The van der Waals surface area contributed by atoms with Gasteiger partial charge in [0, 0.05) is 6.92 Å². The fourth-order valence-corrected chi connectivity index (χ4v) is 1.30. The van der Waals surface area contributed by atoms with E-state index in [0.717, 1.165) is 0 Å². The number of anilines is 1. The number of hydrogen-bond acceptors (Lipinski definition) is 3. The summed E-state index contributed by atoms with van der Waals surface area (Å²) >= 11 is 0. The van der Waals surface area contributed by atoms with E-state index in [2.05, 4.69) is 0 Å². The largest absolute Gasteiger partial charge is 0.492 e. The molecule has 1 rings (SSSR count). The summed E-state index contributed by atoms with van der Waals surface area (Å²) in [6, 6.07) is 7.25. The van der Waals surface area contributed by atoms with Crippen molar-refractivity contribution in [2.45, 2.75) is 13.8 Å². The van der Waals surface area contributed by atoms with E-state index in [9.17, 15) is 4.79 Å². The number of rotatable bonds is 4. The molecule has 0 fully saturated rings. The maximum Gasteiger partial charge on any atom is 0.247 e. The van der Waals surface area contributed by atoms with Crippen molar-refractivity contribution < 1.29 is 14.4 Å². The minimum Gasteiger partial charge on any atom is -0.492 e. The number of benzene rings is 1. The maximum atomic E-state index is 11.3. The summed E-state index contributed by atoms with van der Waals surface area (Å²) in [6.45, 7) is 3.88. The molecule has 0 spiro atoms. The molecular formula is C11H15NO3. The van der Waals surface area contributed by atoms with Crippen LogP contribution >= 0.6 is 0 Å². The van der Waals surface area contributed by atoms with Crippen molar-refractivity contribution in [2.75, 3.05) is 18.8 Å². The Bertz CT molecular complexity index is 338. The van der Waals surface area contributed by atoms with Crippen molar-refractivity contribution in [3.63, 3.8) is 0 Å². The van der Waals surface area contributed by atoms with Gasteiger partial charge in [-0.15, -0.1) is 0 Å². The summed E-state index contributed by atoms with van der Waals surface area (Å²) in [7, 11) is 1.45. The minimum absolute atomic E-state index is 0.190. The van der Waals surface area contributed by atoms with E-state index in [4.69, 9.17) is 9.57 Å². The van der Waals surface area contributed by atoms with Crippen molar-refractivity contribution >= 4 is 11.6 Å². The lowest BCUT2D eigenvalue weighted by molar-refractivity contribution is -0.122. The zero-order valence-corrected chi connectivity index (χ0v) is 9.19. The fraction of sp³-hybridized carbons (Fsp3) is 0.364. The van der Waals surface area contributed by atoms with Gasteiger partial charge in [0.1, 0.15) is 11.4 Å². The number of carbonyl (C=O) groups excluding carboxylic acids is 1. The van der Waals surface area contributed by atoms with E-state index in [1.54, 1.807) is 12.1 Å². The molecule has 0 saturated carbocycles. The van der Waals surface area contributed by atoms with E-state index in [0.29, 0.717) is 18.0 Å². The van der Waals surface area contributed by atoms with Crippen LogP contribution in [0.25, 0.3) is 0 Å². The van der Waals surface area contributed by atoms with Crippen LogP contribution in [0.15, 0.2) is 24.3 Å². The van der Waals surface area contributed by atoms with E-state index in [1.807, 2.05) is 19.1 Å². The Hall–Kier alpha value is -1.55. The van der Waals surface area contributed by atoms with Gasteiger partial charge in [0.2, 0.25) is 5.91 Å². The molecule has 0 unspecified atom stereocenters. The van der Waals surface area contributed by atoms with Crippen LogP contribution < -0.4 is 9.80 Å². The van der Waals surface area contributed by atoms with Gasteiger partial charge in [-0.3, -0.25) is 9.63 Å². The Morgan fingerprint density at radius 1 is 1.40 bits per heavy atom. The number of nitrogens with zero attached hydrogens (tertiary/aromatic N) is 1. The van der Waals surface area contributed by atoms with Crippen LogP contribution in [0.5, 0.6) is 5.75 Å². The molecule has 1 aromatic rings. The van der Waals surface area contributed by atoms with Gasteiger partial charge in [-0.25, -0.2) is 0 Å². The first-order valence-electron chi connectivity index (χ1n) is 4.77. The number of amides is 1. The second kappa shape index (κ2) is 5.36. The monoisotopic (exact) mass is 209 g/mol. The smallest absolute Gasteiger partial charge is 0.247 e. The SMILES string of the molecule is CCOc1ccccc1N(OC)C(C)=O. The molecule has 0 aliphatic carbocycles. The third-order valence-corrected chi connectivity index (χ3v) is 1.85. The number of carbonyl (C=O) groups is 1. The minimum atomic E-state index is -0.190. The van der Waals surface area contributed by atoms with E-state index >= 15 is 0 Å². The Morgan fingerprint density at radius 3 is 2.60 bits per heavy atom. The van der Waals surface area contributed by atoms with Crippen molar-refractivity contribution in [3.05, 3.63) is 24.3 Å². The quantitative estimate of drug-likeness (QED) is 0.712. The number of ether oxygens (including phenoxy) is 1. The molecule has 0 radical (unpaired) electrons. The molecule has 82 valence electrons. The molecule has 0 saturated heterocycles. The third-order valence-electron chi connectivity index (χ3n) is 1.85. The summed E-state index contributed by atoms with van der Waals surface area (Å²) in [5.74, 6) is 0.446. The van der Waals surface area contributed by atoms with Crippen LogP contribution in [0.3, 0.4) is 0 Å². The van der Waals surface area contributed by atoms with Crippen LogP contribution in [-0.2, 0) is 9.63 Å². The molecule has 0 bridgehead atoms. The number of para-hydroxylation sites is 2. The maximum absolute atomic E-state index is 11.3. The van der Waals surface area contributed by atoms with Gasteiger partial charge in [-0.1, -0.05) is 12.1 Å². The van der Waals surface area contributed by atoms with Gasteiger partial charge in [-0.05, 0) is 19.1 Å². The highest BCUT2D eigenvalue weighted by molar-refractivity contribution is 5.90. The third kappa shape index (κ3) is 2.70. The Balaban J connectivity index is 3.04. The topological polar surface area (TPSA) is 38.8 Å². The first-order chi connectivity index (χ1) is 7.20. The molecule has 4 heteroatoms. The highest BCUT2D eigenvalue weighted by atomic mass is 16.7. The lowest BCUT2D eigenvalue weighted by Gasteiger charge is -2.20. The van der Waals surface area contributed by atoms with Crippen LogP contribution in [-0.4, -0.2) is 19.6 Å². The van der Waals surface area contributed by atoms with Crippen molar-refractivity contribution in [1.29, 1.82) is 0 Å². The van der Waals surface area contributed by atoms with Crippen LogP contribution in [0, 0.1) is 0 Å². The van der Waals surface area contributed by atoms with Gasteiger partial charge < -0.3 is 4.74 Å².